The van der Waals surface area contributed by atoms with Crippen molar-refractivity contribution in [1.29, 1.82) is 0 Å². The van der Waals surface area contributed by atoms with Gasteiger partial charge >= 0.3 is 0 Å². The van der Waals surface area contributed by atoms with Crippen LogP contribution in [0.5, 0.6) is 0 Å². The van der Waals surface area contributed by atoms with E-state index in [1.54, 1.807) is 19.0 Å². The van der Waals surface area contributed by atoms with E-state index in [1.807, 2.05) is 0 Å². The van der Waals surface area contributed by atoms with Crippen molar-refractivity contribution < 1.29 is 9.53 Å². The molecule has 1 heterocycles. The predicted molar refractivity (Wildman–Crippen MR) is 125 cm³/mol. The average Bonchev–Trinajstić information content (AvgIpc) is 2.68. The fourth-order valence-corrected chi connectivity index (χ4v) is 3.68. The van der Waals surface area contributed by atoms with Crippen LogP contribution in [-0.4, -0.2) is 87.2 Å². The average molecular weight is 509 g/mol. The molecule has 7 nitrogen and oxygen atoms in total. The Morgan fingerprint density at radius 1 is 1.14 bits per heavy atom. The molecular formula is C20H40IN5O2. The van der Waals surface area contributed by atoms with Gasteiger partial charge in [0.25, 0.3) is 0 Å². The SMILES string of the molecule is CN(C)C(=O)CN=C(NCC1CCCCC1)NCC(C)(C)N1CCOCC1.I. The van der Waals surface area contributed by atoms with E-state index in [2.05, 4.69) is 34.4 Å². The van der Waals surface area contributed by atoms with Crippen LogP contribution in [0.1, 0.15) is 46.0 Å². The molecule has 0 radical (unpaired) electrons. The first kappa shape index (κ1) is 25.4. The maximum atomic E-state index is 11.9. The molecule has 0 atom stereocenters. The summed E-state index contributed by atoms with van der Waals surface area (Å²) in [4.78, 5) is 20.5. The minimum absolute atomic E-state index is 0. The van der Waals surface area contributed by atoms with Crippen LogP contribution in [0.2, 0.25) is 0 Å². The lowest BCUT2D eigenvalue weighted by atomic mass is 9.89. The van der Waals surface area contributed by atoms with Crippen molar-refractivity contribution >= 4 is 35.8 Å². The Labute approximate surface area is 188 Å². The van der Waals surface area contributed by atoms with Gasteiger partial charge in [0.05, 0.1) is 13.2 Å². The number of morpholine rings is 1. The van der Waals surface area contributed by atoms with Crippen molar-refractivity contribution in [2.45, 2.75) is 51.5 Å². The Hall–Kier alpha value is -0.610. The van der Waals surface area contributed by atoms with Gasteiger partial charge < -0.3 is 20.3 Å². The summed E-state index contributed by atoms with van der Waals surface area (Å²) in [5.41, 5.74) is 0.00260. The highest BCUT2D eigenvalue weighted by Crippen LogP contribution is 2.22. The smallest absolute Gasteiger partial charge is 0.243 e. The maximum Gasteiger partial charge on any atom is 0.243 e. The Kier molecular flexibility index (Phi) is 11.7. The fraction of sp³-hybridized carbons (Fsp3) is 0.900. The summed E-state index contributed by atoms with van der Waals surface area (Å²) in [7, 11) is 3.53. The lowest BCUT2D eigenvalue weighted by molar-refractivity contribution is -0.127. The Balaban J connectivity index is 0.00000392. The number of nitrogens with zero attached hydrogens (tertiary/aromatic N) is 3. The molecule has 8 heteroatoms. The molecule has 1 aliphatic heterocycles. The molecule has 0 aromatic heterocycles. The second kappa shape index (κ2) is 12.8. The summed E-state index contributed by atoms with van der Waals surface area (Å²) in [6.45, 7) is 9.86. The number of likely N-dealkylation sites (N-methyl/N-ethyl adjacent to an activating group) is 1. The number of aliphatic imine (C=N–C) groups is 1. The van der Waals surface area contributed by atoms with Crippen molar-refractivity contribution in [3.8, 4) is 0 Å². The lowest BCUT2D eigenvalue weighted by Gasteiger charge is -2.41. The van der Waals surface area contributed by atoms with E-state index in [1.165, 1.54) is 32.1 Å². The van der Waals surface area contributed by atoms with Crippen LogP contribution in [-0.2, 0) is 9.53 Å². The Morgan fingerprint density at radius 3 is 2.39 bits per heavy atom. The molecule has 28 heavy (non-hydrogen) atoms. The number of carbonyl (C=O) groups is 1. The number of amides is 1. The molecule has 1 saturated carbocycles. The van der Waals surface area contributed by atoms with Crippen LogP contribution < -0.4 is 10.6 Å². The van der Waals surface area contributed by atoms with Gasteiger partial charge in [0.1, 0.15) is 6.54 Å². The minimum Gasteiger partial charge on any atom is -0.379 e. The van der Waals surface area contributed by atoms with E-state index in [4.69, 9.17) is 4.74 Å². The molecule has 164 valence electrons. The van der Waals surface area contributed by atoms with Crippen LogP contribution in [0.15, 0.2) is 4.99 Å². The van der Waals surface area contributed by atoms with Gasteiger partial charge in [-0.1, -0.05) is 19.3 Å². The molecule has 1 aliphatic carbocycles. The number of halogens is 1. The normalized spacial score (nSPS) is 19.6. The summed E-state index contributed by atoms with van der Waals surface area (Å²) in [6, 6.07) is 0. The van der Waals surface area contributed by atoms with Crippen molar-refractivity contribution in [3.63, 3.8) is 0 Å². The zero-order valence-corrected chi connectivity index (χ0v) is 20.5. The number of ether oxygens (including phenoxy) is 1. The Bertz CT molecular complexity index is 487. The van der Waals surface area contributed by atoms with Crippen molar-refractivity contribution in [2.24, 2.45) is 10.9 Å². The summed E-state index contributed by atoms with van der Waals surface area (Å²) in [6.07, 6.45) is 6.60. The van der Waals surface area contributed by atoms with Gasteiger partial charge in [-0.2, -0.15) is 0 Å². The van der Waals surface area contributed by atoms with E-state index in [0.29, 0.717) is 5.92 Å². The van der Waals surface area contributed by atoms with Crippen molar-refractivity contribution in [2.75, 3.05) is 60.0 Å². The second-order valence-electron chi connectivity index (χ2n) is 8.60. The van der Waals surface area contributed by atoms with Crippen molar-refractivity contribution in [3.05, 3.63) is 0 Å². The van der Waals surface area contributed by atoms with Crippen molar-refractivity contribution in [1.82, 2.24) is 20.4 Å². The minimum atomic E-state index is 0. The third kappa shape index (κ3) is 8.82. The second-order valence-corrected chi connectivity index (χ2v) is 8.60. The number of rotatable bonds is 7. The molecule has 0 aromatic carbocycles. The zero-order chi connectivity index (χ0) is 19.7. The van der Waals surface area contributed by atoms with Crippen LogP contribution in [0.25, 0.3) is 0 Å². The number of carbonyl (C=O) groups excluding carboxylic acids is 1. The predicted octanol–water partition coefficient (Wildman–Crippen LogP) is 1.92. The van der Waals surface area contributed by atoms with E-state index in [-0.39, 0.29) is 42.0 Å². The number of hydrogen-bond donors (Lipinski definition) is 2. The van der Waals surface area contributed by atoms with Gasteiger partial charge in [-0.05, 0) is 32.6 Å². The quantitative estimate of drug-likeness (QED) is 0.312. The largest absolute Gasteiger partial charge is 0.379 e. The summed E-state index contributed by atoms with van der Waals surface area (Å²) in [5, 5.41) is 6.96. The molecule has 0 aromatic rings. The third-order valence-corrected chi connectivity index (χ3v) is 5.71. The first-order chi connectivity index (χ1) is 12.9. The summed E-state index contributed by atoms with van der Waals surface area (Å²) in [5.74, 6) is 1.47. The topological polar surface area (TPSA) is 69.2 Å². The van der Waals surface area contributed by atoms with Crippen LogP contribution in [0.4, 0.5) is 0 Å². The zero-order valence-electron chi connectivity index (χ0n) is 18.1. The summed E-state index contributed by atoms with van der Waals surface area (Å²) >= 11 is 0. The van der Waals surface area contributed by atoms with E-state index in [0.717, 1.165) is 45.4 Å². The van der Waals surface area contributed by atoms with E-state index >= 15 is 0 Å². The van der Waals surface area contributed by atoms with Crippen LogP contribution >= 0.6 is 24.0 Å². The maximum absolute atomic E-state index is 11.9. The fourth-order valence-electron chi connectivity index (χ4n) is 3.68. The van der Waals surface area contributed by atoms with Gasteiger partial charge in [-0.25, -0.2) is 4.99 Å². The van der Waals surface area contributed by atoms with Gasteiger partial charge in [-0.15, -0.1) is 24.0 Å². The highest BCUT2D eigenvalue weighted by Gasteiger charge is 2.28. The lowest BCUT2D eigenvalue weighted by Crippen LogP contribution is -2.56. The van der Waals surface area contributed by atoms with E-state index in [9.17, 15) is 4.79 Å². The summed E-state index contributed by atoms with van der Waals surface area (Å²) < 4.78 is 5.47. The molecule has 0 unspecified atom stereocenters. The monoisotopic (exact) mass is 509 g/mol. The molecule has 2 N–H and O–H groups in total. The highest BCUT2D eigenvalue weighted by molar-refractivity contribution is 14.0. The third-order valence-electron chi connectivity index (χ3n) is 5.71. The van der Waals surface area contributed by atoms with Gasteiger partial charge in [0.2, 0.25) is 5.91 Å². The molecular weight excluding hydrogens is 469 g/mol. The van der Waals surface area contributed by atoms with Gasteiger partial charge in [0.15, 0.2) is 5.96 Å². The molecule has 0 spiro atoms. The standard InChI is InChI=1S/C20H39N5O2.HI/c1-20(2,25-10-12-27-13-11-25)16-23-19(22-15-18(26)24(3)4)21-14-17-8-6-5-7-9-17;/h17H,5-16H2,1-4H3,(H2,21,22,23);1H. The van der Waals surface area contributed by atoms with E-state index < -0.39 is 0 Å². The molecule has 0 bridgehead atoms. The first-order valence-corrected chi connectivity index (χ1v) is 10.4. The molecule has 2 rings (SSSR count). The van der Waals surface area contributed by atoms with Gasteiger partial charge in [0, 0.05) is 45.8 Å². The van der Waals surface area contributed by atoms with Crippen LogP contribution in [0.3, 0.4) is 0 Å². The Morgan fingerprint density at radius 2 is 1.79 bits per heavy atom. The molecule has 2 aliphatic rings. The highest BCUT2D eigenvalue weighted by atomic mass is 127. The molecule has 1 amide bonds. The van der Waals surface area contributed by atoms with Crippen LogP contribution in [0, 0.1) is 5.92 Å². The number of hydrogen-bond acceptors (Lipinski definition) is 4. The molecule has 1 saturated heterocycles. The first-order valence-electron chi connectivity index (χ1n) is 10.4. The number of guanidine groups is 1. The van der Waals surface area contributed by atoms with Gasteiger partial charge in [-0.3, -0.25) is 9.69 Å². The molecule has 2 fully saturated rings. The number of nitrogens with one attached hydrogen (secondary N) is 2.